The van der Waals surface area contributed by atoms with Gasteiger partial charge in [-0.25, -0.2) is 4.98 Å². The predicted molar refractivity (Wildman–Crippen MR) is 55.5 cm³/mol. The lowest BCUT2D eigenvalue weighted by Gasteiger charge is -2.09. The fourth-order valence-electron chi connectivity index (χ4n) is 0.985. The first-order chi connectivity index (χ1) is 7.13. The number of pyridine rings is 1. The third-order valence-corrected chi connectivity index (χ3v) is 1.79. The van der Waals surface area contributed by atoms with E-state index in [0.717, 1.165) is 5.56 Å². The van der Waals surface area contributed by atoms with Gasteiger partial charge in [0.15, 0.2) is 6.10 Å². The first-order valence-electron chi connectivity index (χ1n) is 4.54. The van der Waals surface area contributed by atoms with E-state index in [-0.39, 0.29) is 6.61 Å². The quantitative estimate of drug-likeness (QED) is 0.751. The zero-order valence-corrected chi connectivity index (χ0v) is 8.73. The molecular formula is C10H14N2O3. The highest BCUT2D eigenvalue weighted by Crippen LogP contribution is 2.04. The van der Waals surface area contributed by atoms with Crippen molar-refractivity contribution in [1.29, 1.82) is 0 Å². The number of aliphatic hydroxyl groups excluding tert-OH is 1. The van der Waals surface area contributed by atoms with Crippen LogP contribution in [0, 0.1) is 6.92 Å². The van der Waals surface area contributed by atoms with Crippen molar-refractivity contribution in [2.75, 3.05) is 19.0 Å². The van der Waals surface area contributed by atoms with E-state index in [1.165, 1.54) is 7.11 Å². The number of carbonyl (C=O) groups is 1. The number of ether oxygens (including phenoxy) is 1. The monoisotopic (exact) mass is 210 g/mol. The van der Waals surface area contributed by atoms with Gasteiger partial charge in [0.2, 0.25) is 0 Å². The van der Waals surface area contributed by atoms with Gasteiger partial charge >= 0.3 is 0 Å². The van der Waals surface area contributed by atoms with Crippen molar-refractivity contribution >= 4 is 11.7 Å². The third-order valence-electron chi connectivity index (χ3n) is 1.79. The van der Waals surface area contributed by atoms with Crippen molar-refractivity contribution in [3.63, 3.8) is 0 Å². The van der Waals surface area contributed by atoms with Gasteiger partial charge < -0.3 is 15.2 Å². The highest BCUT2D eigenvalue weighted by atomic mass is 16.5. The molecule has 2 N–H and O–H groups in total. The van der Waals surface area contributed by atoms with Crippen molar-refractivity contribution in [1.82, 2.24) is 4.98 Å². The number of hydrogen-bond acceptors (Lipinski definition) is 4. The van der Waals surface area contributed by atoms with Gasteiger partial charge in [-0.05, 0) is 18.6 Å². The standard InChI is InChI=1S/C10H14N2O3/c1-7-3-4-9(11-5-7)12-10(14)8(13)6-15-2/h3-5,8,13H,6H2,1-2H3,(H,11,12,14)/t8-/m1/s1. The fraction of sp³-hybridized carbons (Fsp3) is 0.400. The molecule has 1 atom stereocenters. The third kappa shape index (κ3) is 3.65. The molecule has 15 heavy (non-hydrogen) atoms. The molecule has 0 aliphatic carbocycles. The molecule has 1 aromatic rings. The maximum Gasteiger partial charge on any atom is 0.256 e. The minimum absolute atomic E-state index is 0.0301. The lowest BCUT2D eigenvalue weighted by Crippen LogP contribution is -2.31. The van der Waals surface area contributed by atoms with Gasteiger partial charge in [0.25, 0.3) is 5.91 Å². The van der Waals surface area contributed by atoms with E-state index in [1.54, 1.807) is 12.3 Å². The number of aryl methyl sites for hydroxylation is 1. The molecule has 0 saturated carbocycles. The summed E-state index contributed by atoms with van der Waals surface area (Å²) in [4.78, 5) is 15.3. The first-order valence-corrected chi connectivity index (χ1v) is 4.54. The van der Waals surface area contributed by atoms with Crippen molar-refractivity contribution < 1.29 is 14.6 Å². The molecule has 0 aliphatic heterocycles. The summed E-state index contributed by atoms with van der Waals surface area (Å²) in [5.74, 6) is -0.103. The Balaban J connectivity index is 2.54. The second-order valence-corrected chi connectivity index (χ2v) is 3.18. The largest absolute Gasteiger partial charge is 0.381 e. The summed E-state index contributed by atoms with van der Waals surface area (Å²) in [6.07, 6.45) is 0.469. The van der Waals surface area contributed by atoms with Crippen LogP contribution < -0.4 is 5.32 Å². The lowest BCUT2D eigenvalue weighted by atomic mass is 10.3. The number of aliphatic hydroxyl groups is 1. The summed E-state index contributed by atoms with van der Waals surface area (Å²) in [6.45, 7) is 1.87. The number of aromatic nitrogens is 1. The Labute approximate surface area is 88.1 Å². The maximum atomic E-state index is 11.3. The molecule has 5 heteroatoms. The molecule has 0 spiro atoms. The van der Waals surface area contributed by atoms with Crippen LogP contribution in [0.5, 0.6) is 0 Å². The van der Waals surface area contributed by atoms with Crippen LogP contribution in [0.2, 0.25) is 0 Å². The molecule has 0 bridgehead atoms. The number of rotatable bonds is 4. The van der Waals surface area contributed by atoms with Crippen LogP contribution in [0.25, 0.3) is 0 Å². The Morgan fingerprint density at radius 3 is 2.93 bits per heavy atom. The highest BCUT2D eigenvalue weighted by Gasteiger charge is 2.14. The van der Waals surface area contributed by atoms with Crippen molar-refractivity contribution in [2.24, 2.45) is 0 Å². The summed E-state index contributed by atoms with van der Waals surface area (Å²) >= 11 is 0. The summed E-state index contributed by atoms with van der Waals surface area (Å²) in [5.41, 5.74) is 1.01. The van der Waals surface area contributed by atoms with E-state index < -0.39 is 12.0 Å². The Morgan fingerprint density at radius 2 is 2.40 bits per heavy atom. The van der Waals surface area contributed by atoms with Gasteiger partial charge in [-0.15, -0.1) is 0 Å². The Hall–Kier alpha value is -1.46. The Bertz CT molecular complexity index is 324. The van der Waals surface area contributed by atoms with Crippen molar-refractivity contribution in [3.05, 3.63) is 23.9 Å². The van der Waals surface area contributed by atoms with Crippen molar-refractivity contribution in [2.45, 2.75) is 13.0 Å². The number of carbonyl (C=O) groups excluding carboxylic acids is 1. The van der Waals surface area contributed by atoms with Crippen LogP contribution in [-0.4, -0.2) is 35.8 Å². The van der Waals surface area contributed by atoms with Gasteiger partial charge in [-0.3, -0.25) is 4.79 Å². The van der Waals surface area contributed by atoms with Gasteiger partial charge in [-0.1, -0.05) is 6.07 Å². The number of nitrogens with one attached hydrogen (secondary N) is 1. The lowest BCUT2D eigenvalue weighted by molar-refractivity contribution is -0.126. The molecule has 0 radical (unpaired) electrons. The van der Waals surface area contributed by atoms with Gasteiger partial charge in [0.05, 0.1) is 6.61 Å². The van der Waals surface area contributed by atoms with E-state index in [9.17, 15) is 9.90 Å². The van der Waals surface area contributed by atoms with E-state index >= 15 is 0 Å². The van der Waals surface area contributed by atoms with E-state index in [2.05, 4.69) is 15.0 Å². The normalized spacial score (nSPS) is 12.2. The number of methoxy groups -OCH3 is 1. The average Bonchev–Trinajstić information content (AvgIpc) is 2.22. The van der Waals surface area contributed by atoms with Gasteiger partial charge in [0, 0.05) is 13.3 Å². The Morgan fingerprint density at radius 1 is 1.67 bits per heavy atom. The molecule has 1 rings (SSSR count). The van der Waals surface area contributed by atoms with Gasteiger partial charge in [0.1, 0.15) is 5.82 Å². The van der Waals surface area contributed by atoms with E-state index in [0.29, 0.717) is 5.82 Å². The van der Waals surface area contributed by atoms with E-state index in [1.807, 2.05) is 13.0 Å². The maximum absolute atomic E-state index is 11.3. The smallest absolute Gasteiger partial charge is 0.256 e. The zero-order chi connectivity index (χ0) is 11.3. The summed E-state index contributed by atoms with van der Waals surface area (Å²) < 4.78 is 4.65. The summed E-state index contributed by atoms with van der Waals surface area (Å²) in [6, 6.07) is 3.50. The first kappa shape index (κ1) is 11.6. The van der Waals surface area contributed by atoms with Crippen LogP contribution in [-0.2, 0) is 9.53 Å². The van der Waals surface area contributed by atoms with Crippen molar-refractivity contribution in [3.8, 4) is 0 Å². The molecule has 5 nitrogen and oxygen atoms in total. The average molecular weight is 210 g/mol. The molecule has 0 aliphatic rings. The minimum atomic E-state index is -1.17. The molecule has 82 valence electrons. The summed E-state index contributed by atoms with van der Waals surface area (Å²) in [5, 5.41) is 11.7. The fourth-order valence-corrected chi connectivity index (χ4v) is 0.985. The Kier molecular flexibility index (Phi) is 4.20. The van der Waals surface area contributed by atoms with Crippen LogP contribution in [0.15, 0.2) is 18.3 Å². The molecule has 0 saturated heterocycles. The highest BCUT2D eigenvalue weighted by molar-refractivity contribution is 5.93. The van der Waals surface area contributed by atoms with Crippen LogP contribution >= 0.6 is 0 Å². The number of nitrogens with zero attached hydrogens (tertiary/aromatic N) is 1. The predicted octanol–water partition coefficient (Wildman–Crippen LogP) is 0.336. The zero-order valence-electron chi connectivity index (χ0n) is 8.73. The number of amides is 1. The molecule has 1 aromatic heterocycles. The molecule has 0 unspecified atom stereocenters. The summed E-state index contributed by atoms with van der Waals surface area (Å²) in [7, 11) is 1.42. The molecular weight excluding hydrogens is 196 g/mol. The molecule has 1 heterocycles. The van der Waals surface area contributed by atoms with E-state index in [4.69, 9.17) is 0 Å². The van der Waals surface area contributed by atoms with Crippen LogP contribution in [0.3, 0.4) is 0 Å². The second-order valence-electron chi connectivity index (χ2n) is 3.18. The number of anilines is 1. The molecule has 1 amide bonds. The van der Waals surface area contributed by atoms with Crippen LogP contribution in [0.4, 0.5) is 5.82 Å². The molecule has 0 fully saturated rings. The number of hydrogen-bond donors (Lipinski definition) is 2. The van der Waals surface area contributed by atoms with Crippen LogP contribution in [0.1, 0.15) is 5.56 Å². The SMILES string of the molecule is COC[C@@H](O)C(=O)Nc1ccc(C)cn1. The topological polar surface area (TPSA) is 71.5 Å². The second kappa shape index (κ2) is 5.43. The minimum Gasteiger partial charge on any atom is -0.381 e. The molecule has 0 aromatic carbocycles. The van der Waals surface area contributed by atoms with Gasteiger partial charge in [-0.2, -0.15) is 0 Å².